The predicted octanol–water partition coefficient (Wildman–Crippen LogP) is 2.51. The topological polar surface area (TPSA) is 55.1 Å². The molecule has 19 heavy (non-hydrogen) atoms. The molecule has 2 rings (SSSR count). The van der Waals surface area contributed by atoms with Gasteiger partial charge in [-0.25, -0.2) is 0 Å². The van der Waals surface area contributed by atoms with E-state index in [-0.39, 0.29) is 16.9 Å². The maximum absolute atomic E-state index is 12.4. The van der Waals surface area contributed by atoms with Gasteiger partial charge in [-0.1, -0.05) is 61.8 Å². The molecule has 1 aliphatic carbocycles. The molecule has 0 spiro atoms. The molecular weight excluding hydrogens is 256 g/mol. The Morgan fingerprint density at radius 3 is 2.42 bits per heavy atom. The van der Waals surface area contributed by atoms with E-state index in [2.05, 4.69) is 5.32 Å². The van der Waals surface area contributed by atoms with Crippen LogP contribution in [0.5, 0.6) is 0 Å². The summed E-state index contributed by atoms with van der Waals surface area (Å²) in [5, 5.41) is 3.09. The first-order chi connectivity index (χ1) is 9.18. The van der Waals surface area contributed by atoms with Crippen molar-refractivity contribution in [2.24, 2.45) is 5.73 Å². The zero-order valence-electron chi connectivity index (χ0n) is 11.0. The molecular formula is C15H20N2OS. The maximum Gasteiger partial charge on any atom is 0.234 e. The normalized spacial score (nSPS) is 17.7. The Hall–Kier alpha value is -1.42. The molecule has 0 aromatic heterocycles. The molecule has 3 N–H and O–H groups in total. The highest BCUT2D eigenvalue weighted by atomic mass is 32.1. The molecule has 0 saturated heterocycles. The van der Waals surface area contributed by atoms with Crippen molar-refractivity contribution in [3.63, 3.8) is 0 Å². The Kier molecular flexibility index (Phi) is 4.91. The number of carbonyl (C=O) groups is 1. The lowest BCUT2D eigenvalue weighted by Gasteiger charge is -2.25. The molecule has 0 bridgehead atoms. The standard InChI is InChI=1S/C15H20N2OS/c16-14(19)13(11-7-3-1-4-8-11)15(18)17-12-9-5-2-6-10-12/h1,3-4,7-8,12-13H,2,5-6,9-10H2,(H2,16,19)(H,17,18). The van der Waals surface area contributed by atoms with Gasteiger partial charge >= 0.3 is 0 Å². The summed E-state index contributed by atoms with van der Waals surface area (Å²) in [5.41, 5.74) is 6.61. The summed E-state index contributed by atoms with van der Waals surface area (Å²) < 4.78 is 0. The van der Waals surface area contributed by atoms with Gasteiger partial charge in [0.25, 0.3) is 0 Å². The molecule has 0 aliphatic heterocycles. The first-order valence-electron chi connectivity index (χ1n) is 6.83. The predicted molar refractivity (Wildman–Crippen MR) is 81.0 cm³/mol. The van der Waals surface area contributed by atoms with Crippen molar-refractivity contribution in [2.45, 2.75) is 44.1 Å². The highest BCUT2D eigenvalue weighted by Gasteiger charge is 2.26. The van der Waals surface area contributed by atoms with Gasteiger partial charge in [-0.05, 0) is 18.4 Å². The van der Waals surface area contributed by atoms with E-state index in [0.717, 1.165) is 18.4 Å². The van der Waals surface area contributed by atoms with Crippen molar-refractivity contribution in [3.8, 4) is 0 Å². The molecule has 0 radical (unpaired) electrons. The van der Waals surface area contributed by atoms with Crippen LogP contribution < -0.4 is 11.1 Å². The van der Waals surface area contributed by atoms with Crippen LogP contribution in [-0.2, 0) is 4.79 Å². The molecule has 1 aromatic carbocycles. The van der Waals surface area contributed by atoms with E-state index >= 15 is 0 Å². The Bertz CT molecular complexity index is 441. The van der Waals surface area contributed by atoms with E-state index in [9.17, 15) is 4.79 Å². The highest BCUT2D eigenvalue weighted by Crippen LogP contribution is 2.20. The largest absolute Gasteiger partial charge is 0.392 e. The summed E-state index contributed by atoms with van der Waals surface area (Å²) in [7, 11) is 0. The van der Waals surface area contributed by atoms with Gasteiger partial charge in [0, 0.05) is 6.04 Å². The molecule has 4 heteroatoms. The summed E-state index contributed by atoms with van der Waals surface area (Å²) in [6, 6.07) is 9.78. The molecule has 1 unspecified atom stereocenters. The average Bonchev–Trinajstić information content (AvgIpc) is 2.40. The fourth-order valence-electron chi connectivity index (χ4n) is 2.62. The third-order valence-corrected chi connectivity index (χ3v) is 3.87. The van der Waals surface area contributed by atoms with Crippen molar-refractivity contribution in [1.29, 1.82) is 0 Å². The van der Waals surface area contributed by atoms with E-state index in [0.29, 0.717) is 0 Å². The quantitative estimate of drug-likeness (QED) is 0.831. The number of thiocarbonyl (C=S) groups is 1. The Labute approximate surface area is 119 Å². The lowest BCUT2D eigenvalue weighted by atomic mass is 9.93. The highest BCUT2D eigenvalue weighted by molar-refractivity contribution is 7.80. The average molecular weight is 276 g/mol. The smallest absolute Gasteiger partial charge is 0.234 e. The maximum atomic E-state index is 12.4. The Balaban J connectivity index is 2.06. The lowest BCUT2D eigenvalue weighted by molar-refractivity contribution is -0.122. The molecule has 1 amide bonds. The number of amides is 1. The van der Waals surface area contributed by atoms with E-state index in [4.69, 9.17) is 18.0 Å². The van der Waals surface area contributed by atoms with Crippen molar-refractivity contribution in [3.05, 3.63) is 35.9 Å². The Morgan fingerprint density at radius 1 is 1.21 bits per heavy atom. The number of nitrogens with one attached hydrogen (secondary N) is 1. The van der Waals surface area contributed by atoms with Crippen LogP contribution in [0.3, 0.4) is 0 Å². The summed E-state index contributed by atoms with van der Waals surface area (Å²) in [6.45, 7) is 0. The van der Waals surface area contributed by atoms with Crippen LogP contribution in [0.15, 0.2) is 30.3 Å². The van der Waals surface area contributed by atoms with E-state index in [1.165, 1.54) is 19.3 Å². The van der Waals surface area contributed by atoms with Crippen LogP contribution >= 0.6 is 12.2 Å². The SMILES string of the molecule is NC(=S)C(C(=O)NC1CCCCC1)c1ccccc1. The number of carbonyl (C=O) groups excluding carboxylic acids is 1. The minimum atomic E-state index is -0.516. The molecule has 0 heterocycles. The van der Waals surface area contributed by atoms with Crippen molar-refractivity contribution in [1.82, 2.24) is 5.32 Å². The first-order valence-corrected chi connectivity index (χ1v) is 7.24. The Morgan fingerprint density at radius 2 is 1.84 bits per heavy atom. The fraction of sp³-hybridized carbons (Fsp3) is 0.467. The number of hydrogen-bond acceptors (Lipinski definition) is 2. The van der Waals surface area contributed by atoms with Gasteiger partial charge in [-0.15, -0.1) is 0 Å². The van der Waals surface area contributed by atoms with Gasteiger partial charge in [-0.3, -0.25) is 4.79 Å². The monoisotopic (exact) mass is 276 g/mol. The summed E-state index contributed by atoms with van der Waals surface area (Å²) in [5.74, 6) is -0.580. The minimum Gasteiger partial charge on any atom is -0.392 e. The number of nitrogens with two attached hydrogens (primary N) is 1. The van der Waals surface area contributed by atoms with Crippen molar-refractivity contribution in [2.75, 3.05) is 0 Å². The number of hydrogen-bond donors (Lipinski definition) is 2. The van der Waals surface area contributed by atoms with Gasteiger partial charge in [0.1, 0.15) is 5.92 Å². The summed E-state index contributed by atoms with van der Waals surface area (Å²) in [4.78, 5) is 12.6. The van der Waals surface area contributed by atoms with Crippen molar-refractivity contribution >= 4 is 23.1 Å². The van der Waals surface area contributed by atoms with Crippen LogP contribution in [0.1, 0.15) is 43.6 Å². The van der Waals surface area contributed by atoms with Crippen molar-refractivity contribution < 1.29 is 4.79 Å². The second-order valence-corrected chi connectivity index (χ2v) is 5.56. The lowest BCUT2D eigenvalue weighted by Crippen LogP contribution is -2.42. The summed E-state index contributed by atoms with van der Waals surface area (Å²) >= 11 is 5.06. The third kappa shape index (κ3) is 3.77. The molecule has 1 atom stereocenters. The molecule has 1 fully saturated rings. The second-order valence-electron chi connectivity index (χ2n) is 5.09. The van der Waals surface area contributed by atoms with Gasteiger partial charge in [0.15, 0.2) is 0 Å². The van der Waals surface area contributed by atoms with Crippen LogP contribution in [0, 0.1) is 0 Å². The van der Waals surface area contributed by atoms with Gasteiger partial charge in [-0.2, -0.15) is 0 Å². The molecule has 1 aromatic rings. The fourth-order valence-corrected chi connectivity index (χ4v) is 2.86. The number of benzene rings is 1. The molecule has 3 nitrogen and oxygen atoms in total. The van der Waals surface area contributed by atoms with Gasteiger partial charge in [0.2, 0.25) is 5.91 Å². The minimum absolute atomic E-state index is 0.0643. The van der Waals surface area contributed by atoms with Gasteiger partial charge in [0.05, 0.1) is 4.99 Å². The van der Waals surface area contributed by atoms with E-state index in [1.807, 2.05) is 30.3 Å². The molecule has 1 aliphatic rings. The molecule has 1 saturated carbocycles. The molecule has 102 valence electrons. The number of rotatable bonds is 4. The van der Waals surface area contributed by atoms with Crippen LogP contribution in [0.4, 0.5) is 0 Å². The zero-order chi connectivity index (χ0) is 13.7. The van der Waals surface area contributed by atoms with Crippen LogP contribution in [-0.4, -0.2) is 16.9 Å². The van der Waals surface area contributed by atoms with Crippen LogP contribution in [0.2, 0.25) is 0 Å². The van der Waals surface area contributed by atoms with E-state index < -0.39 is 5.92 Å². The van der Waals surface area contributed by atoms with E-state index in [1.54, 1.807) is 0 Å². The van der Waals surface area contributed by atoms with Crippen LogP contribution in [0.25, 0.3) is 0 Å². The van der Waals surface area contributed by atoms with Gasteiger partial charge < -0.3 is 11.1 Å². The summed E-state index contributed by atoms with van der Waals surface area (Å²) in [6.07, 6.45) is 5.76. The zero-order valence-corrected chi connectivity index (χ0v) is 11.8. The first kappa shape index (κ1) is 14.0. The third-order valence-electron chi connectivity index (χ3n) is 3.63. The second kappa shape index (κ2) is 6.66.